The van der Waals surface area contributed by atoms with Crippen LogP contribution < -0.4 is 10.4 Å². The van der Waals surface area contributed by atoms with E-state index in [1.807, 2.05) is 19.9 Å². The molecule has 5 nitrogen and oxygen atoms in total. The standard InChI is InChI=1S/C19H22O5/c1-4-11(2)22-18(20)12(3)23-13-8-9-15-14-6-5-7-16(14)19(21)24-17(15)10-13/h8-12H,4-7H2,1-3H3/t11-,12-/m0/s1. The summed E-state index contributed by atoms with van der Waals surface area (Å²) < 4.78 is 16.3. The number of hydrogen-bond donors (Lipinski definition) is 0. The first-order chi connectivity index (χ1) is 11.5. The molecule has 1 aliphatic rings. The zero-order chi connectivity index (χ0) is 17.3. The summed E-state index contributed by atoms with van der Waals surface area (Å²) in [5.41, 5.74) is 2.11. The maximum absolute atomic E-state index is 12.0. The number of rotatable bonds is 5. The molecule has 0 N–H and O–H groups in total. The van der Waals surface area contributed by atoms with Crippen LogP contribution >= 0.6 is 0 Å². The van der Waals surface area contributed by atoms with Gasteiger partial charge in [-0.1, -0.05) is 6.92 Å². The van der Waals surface area contributed by atoms with Gasteiger partial charge in [0.25, 0.3) is 0 Å². The Morgan fingerprint density at radius 1 is 1.25 bits per heavy atom. The minimum Gasteiger partial charge on any atom is -0.479 e. The molecule has 5 heteroatoms. The van der Waals surface area contributed by atoms with Crippen molar-refractivity contribution in [1.29, 1.82) is 0 Å². The minimum absolute atomic E-state index is 0.138. The molecule has 1 aromatic carbocycles. The number of carbonyl (C=O) groups is 1. The number of benzene rings is 1. The van der Waals surface area contributed by atoms with E-state index in [4.69, 9.17) is 13.9 Å². The van der Waals surface area contributed by atoms with Gasteiger partial charge < -0.3 is 13.9 Å². The van der Waals surface area contributed by atoms with Crippen LogP contribution in [0.3, 0.4) is 0 Å². The fraction of sp³-hybridized carbons (Fsp3) is 0.474. The Kier molecular flexibility index (Phi) is 4.60. The molecule has 1 aromatic heterocycles. The number of ether oxygens (including phenoxy) is 2. The van der Waals surface area contributed by atoms with Crippen molar-refractivity contribution >= 4 is 16.9 Å². The van der Waals surface area contributed by atoms with Crippen LogP contribution in [-0.4, -0.2) is 18.2 Å². The monoisotopic (exact) mass is 330 g/mol. The third kappa shape index (κ3) is 3.16. The van der Waals surface area contributed by atoms with Crippen molar-refractivity contribution in [2.75, 3.05) is 0 Å². The third-order valence-corrected chi connectivity index (χ3v) is 4.48. The molecule has 2 atom stereocenters. The van der Waals surface area contributed by atoms with E-state index >= 15 is 0 Å². The Morgan fingerprint density at radius 2 is 2.00 bits per heavy atom. The Bertz CT molecular complexity index is 820. The lowest BCUT2D eigenvalue weighted by atomic mass is 10.1. The first-order valence-electron chi connectivity index (χ1n) is 8.45. The fourth-order valence-electron chi connectivity index (χ4n) is 2.97. The molecule has 0 aliphatic heterocycles. The molecule has 0 amide bonds. The number of aryl methyl sites for hydroxylation is 1. The van der Waals surface area contributed by atoms with Gasteiger partial charge in [0.1, 0.15) is 11.3 Å². The van der Waals surface area contributed by atoms with Crippen molar-refractivity contribution in [2.24, 2.45) is 0 Å². The maximum atomic E-state index is 12.0. The van der Waals surface area contributed by atoms with Gasteiger partial charge in [0.05, 0.1) is 6.10 Å². The summed E-state index contributed by atoms with van der Waals surface area (Å²) in [5, 5.41) is 0.948. The zero-order valence-corrected chi connectivity index (χ0v) is 14.3. The number of hydrogen-bond acceptors (Lipinski definition) is 5. The Morgan fingerprint density at radius 3 is 2.75 bits per heavy atom. The second-order valence-corrected chi connectivity index (χ2v) is 6.27. The second-order valence-electron chi connectivity index (χ2n) is 6.27. The lowest BCUT2D eigenvalue weighted by Gasteiger charge is -2.17. The van der Waals surface area contributed by atoms with Crippen molar-refractivity contribution in [2.45, 2.75) is 58.7 Å². The van der Waals surface area contributed by atoms with Gasteiger partial charge in [-0.25, -0.2) is 9.59 Å². The predicted molar refractivity (Wildman–Crippen MR) is 90.4 cm³/mol. The highest BCUT2D eigenvalue weighted by Crippen LogP contribution is 2.29. The summed E-state index contributed by atoms with van der Waals surface area (Å²) in [7, 11) is 0. The van der Waals surface area contributed by atoms with E-state index in [0.29, 0.717) is 11.3 Å². The third-order valence-electron chi connectivity index (χ3n) is 4.48. The molecule has 1 aliphatic carbocycles. The Labute approximate surface area is 140 Å². The molecule has 0 saturated carbocycles. The van der Waals surface area contributed by atoms with Gasteiger partial charge in [0.2, 0.25) is 0 Å². The molecular weight excluding hydrogens is 308 g/mol. The van der Waals surface area contributed by atoms with Crippen LogP contribution in [0.5, 0.6) is 5.75 Å². The molecule has 0 bridgehead atoms. The van der Waals surface area contributed by atoms with Crippen molar-refractivity contribution in [1.82, 2.24) is 0 Å². The van der Waals surface area contributed by atoms with E-state index in [1.165, 1.54) is 0 Å². The average molecular weight is 330 g/mol. The smallest absolute Gasteiger partial charge is 0.347 e. The molecule has 1 heterocycles. The molecule has 24 heavy (non-hydrogen) atoms. The normalized spacial score (nSPS) is 15.8. The predicted octanol–water partition coefficient (Wildman–Crippen LogP) is 3.39. The van der Waals surface area contributed by atoms with Crippen molar-refractivity contribution in [3.05, 3.63) is 39.7 Å². The van der Waals surface area contributed by atoms with E-state index < -0.39 is 12.1 Å². The van der Waals surface area contributed by atoms with Gasteiger partial charge >= 0.3 is 11.6 Å². The van der Waals surface area contributed by atoms with Crippen LogP contribution in [0.25, 0.3) is 11.0 Å². The van der Waals surface area contributed by atoms with Crippen molar-refractivity contribution < 1.29 is 18.7 Å². The zero-order valence-electron chi connectivity index (χ0n) is 14.3. The van der Waals surface area contributed by atoms with Crippen molar-refractivity contribution in [3.63, 3.8) is 0 Å². The number of fused-ring (bicyclic) bond motifs is 3. The van der Waals surface area contributed by atoms with Crippen molar-refractivity contribution in [3.8, 4) is 5.75 Å². The van der Waals surface area contributed by atoms with Gasteiger partial charge in [-0.15, -0.1) is 0 Å². The van der Waals surface area contributed by atoms with Crippen LogP contribution in [0, 0.1) is 0 Å². The quantitative estimate of drug-likeness (QED) is 0.621. The molecule has 2 aromatic rings. The number of carbonyl (C=O) groups excluding carboxylic acids is 1. The maximum Gasteiger partial charge on any atom is 0.347 e. The summed E-state index contributed by atoms with van der Waals surface area (Å²) in [5.74, 6) is 0.0806. The molecule has 0 radical (unpaired) electrons. The van der Waals surface area contributed by atoms with Crippen LogP contribution in [0.1, 0.15) is 44.7 Å². The van der Waals surface area contributed by atoms with Gasteiger partial charge in [-0.3, -0.25) is 0 Å². The van der Waals surface area contributed by atoms with E-state index in [1.54, 1.807) is 19.1 Å². The van der Waals surface area contributed by atoms with Gasteiger partial charge in [0, 0.05) is 17.0 Å². The molecule has 0 spiro atoms. The van der Waals surface area contributed by atoms with E-state index in [0.717, 1.165) is 42.2 Å². The lowest BCUT2D eigenvalue weighted by Crippen LogP contribution is -2.29. The highest BCUT2D eigenvalue weighted by Gasteiger charge is 2.21. The molecule has 128 valence electrons. The first-order valence-corrected chi connectivity index (χ1v) is 8.45. The Balaban J connectivity index is 1.83. The van der Waals surface area contributed by atoms with Gasteiger partial charge in [-0.05, 0) is 57.2 Å². The summed E-state index contributed by atoms with van der Waals surface area (Å²) in [6.07, 6.45) is 2.55. The lowest BCUT2D eigenvalue weighted by molar-refractivity contribution is -0.155. The Hall–Kier alpha value is -2.30. The van der Waals surface area contributed by atoms with E-state index in [-0.39, 0.29) is 11.7 Å². The van der Waals surface area contributed by atoms with Gasteiger partial charge in [-0.2, -0.15) is 0 Å². The first kappa shape index (κ1) is 16.6. The van der Waals surface area contributed by atoms with Crippen LogP contribution in [-0.2, 0) is 22.4 Å². The summed E-state index contributed by atoms with van der Waals surface area (Å²) >= 11 is 0. The largest absolute Gasteiger partial charge is 0.479 e. The SMILES string of the molecule is CC[C@H](C)OC(=O)[C@H](C)Oc1ccc2c3c(c(=O)oc2c1)CCC3. The fourth-order valence-corrected chi connectivity index (χ4v) is 2.97. The molecule has 0 saturated heterocycles. The van der Waals surface area contributed by atoms with E-state index in [9.17, 15) is 9.59 Å². The van der Waals surface area contributed by atoms with E-state index in [2.05, 4.69) is 0 Å². The summed E-state index contributed by atoms with van der Waals surface area (Å²) in [4.78, 5) is 24.0. The van der Waals surface area contributed by atoms with Crippen LogP contribution in [0.2, 0.25) is 0 Å². The highest BCUT2D eigenvalue weighted by molar-refractivity contribution is 5.83. The van der Waals surface area contributed by atoms with Crippen LogP contribution in [0.4, 0.5) is 0 Å². The number of esters is 1. The topological polar surface area (TPSA) is 65.7 Å². The molecule has 3 rings (SSSR count). The molecule has 0 unspecified atom stereocenters. The average Bonchev–Trinajstić information content (AvgIpc) is 3.05. The highest BCUT2D eigenvalue weighted by atomic mass is 16.6. The molecule has 0 fully saturated rings. The summed E-state index contributed by atoms with van der Waals surface area (Å²) in [6.45, 7) is 5.44. The van der Waals surface area contributed by atoms with Gasteiger partial charge in [0.15, 0.2) is 6.10 Å². The molecular formula is C19H22O5. The van der Waals surface area contributed by atoms with Crippen LogP contribution in [0.15, 0.2) is 27.4 Å². The minimum atomic E-state index is -0.724. The summed E-state index contributed by atoms with van der Waals surface area (Å²) in [6, 6.07) is 5.36. The second kappa shape index (κ2) is 6.67.